The maximum absolute atomic E-state index is 12.2. The Morgan fingerprint density at radius 2 is 1.58 bits per heavy atom. The van der Waals surface area contributed by atoms with Crippen LogP contribution >= 0.6 is 0 Å². The molecule has 2 fully saturated rings. The van der Waals surface area contributed by atoms with Crippen LogP contribution in [0.4, 0.5) is 0 Å². The molecule has 0 spiro atoms. The van der Waals surface area contributed by atoms with Crippen molar-refractivity contribution in [2.24, 2.45) is 17.8 Å². The molecular formula is C21H37NO9. The van der Waals surface area contributed by atoms with Gasteiger partial charge in [0.15, 0.2) is 12.1 Å². The van der Waals surface area contributed by atoms with E-state index in [1.54, 1.807) is 0 Å². The lowest BCUT2D eigenvalue weighted by atomic mass is 9.79. The Bertz CT molecular complexity index is 628. The van der Waals surface area contributed by atoms with E-state index in [4.69, 9.17) is 14.2 Å². The average molecular weight is 448 g/mol. The van der Waals surface area contributed by atoms with Crippen LogP contribution in [0.15, 0.2) is 0 Å². The zero-order valence-corrected chi connectivity index (χ0v) is 19.0. The highest BCUT2D eigenvalue weighted by molar-refractivity contribution is 5.81. The van der Waals surface area contributed by atoms with Crippen molar-refractivity contribution in [1.82, 2.24) is 5.32 Å². The fraction of sp³-hybridized carbons (Fsp3) is 0.905. The fourth-order valence-corrected chi connectivity index (χ4v) is 4.53. The number of nitrogens with one attached hydrogen (secondary N) is 1. The predicted molar refractivity (Wildman–Crippen MR) is 109 cm³/mol. The first-order valence-electron chi connectivity index (χ1n) is 10.8. The Balaban J connectivity index is 2.36. The second-order valence-electron chi connectivity index (χ2n) is 9.22. The number of Topliss-reactive ketones (excluding diaryl/α,β-unsaturated/α-hetero) is 1. The summed E-state index contributed by atoms with van der Waals surface area (Å²) < 4.78 is 17.5. The van der Waals surface area contributed by atoms with E-state index in [0.29, 0.717) is 0 Å². The van der Waals surface area contributed by atoms with Gasteiger partial charge in [-0.2, -0.15) is 0 Å². The fourth-order valence-electron chi connectivity index (χ4n) is 4.53. The highest BCUT2D eigenvalue weighted by Gasteiger charge is 2.52. The van der Waals surface area contributed by atoms with Crippen LogP contribution in [0.3, 0.4) is 0 Å². The number of hydrogen-bond acceptors (Lipinski definition) is 9. The summed E-state index contributed by atoms with van der Waals surface area (Å²) in [5.41, 5.74) is 0. The Morgan fingerprint density at radius 3 is 2.03 bits per heavy atom. The number of carbonyl (C=O) groups excluding carboxylic acids is 2. The summed E-state index contributed by atoms with van der Waals surface area (Å²) in [6.07, 6.45) is -9.29. The van der Waals surface area contributed by atoms with E-state index in [1.807, 2.05) is 27.7 Å². The van der Waals surface area contributed by atoms with Crippen LogP contribution in [-0.4, -0.2) is 93.8 Å². The summed E-state index contributed by atoms with van der Waals surface area (Å²) in [4.78, 5) is 24.0. The molecule has 0 aromatic heterocycles. The molecule has 180 valence electrons. The Kier molecular flexibility index (Phi) is 8.97. The van der Waals surface area contributed by atoms with E-state index in [-0.39, 0.29) is 23.5 Å². The highest BCUT2D eigenvalue weighted by Crippen LogP contribution is 2.35. The molecule has 2 aliphatic rings. The Morgan fingerprint density at radius 1 is 0.968 bits per heavy atom. The van der Waals surface area contributed by atoms with Crippen molar-refractivity contribution in [1.29, 1.82) is 0 Å². The number of aliphatic hydroxyl groups excluding tert-OH is 4. The van der Waals surface area contributed by atoms with Gasteiger partial charge in [0, 0.05) is 12.8 Å². The second kappa shape index (κ2) is 10.7. The smallest absolute Gasteiger partial charge is 0.217 e. The van der Waals surface area contributed by atoms with Gasteiger partial charge in [-0.15, -0.1) is 0 Å². The minimum atomic E-state index is -1.49. The first-order valence-corrected chi connectivity index (χ1v) is 10.8. The topological polar surface area (TPSA) is 155 Å². The molecule has 10 nitrogen and oxygen atoms in total. The normalized spacial score (nSPS) is 41.4. The summed E-state index contributed by atoms with van der Waals surface area (Å²) in [5.74, 6) is -1.59. The molecule has 0 radical (unpaired) electrons. The van der Waals surface area contributed by atoms with Gasteiger partial charge in [0.25, 0.3) is 0 Å². The molecular weight excluding hydrogens is 410 g/mol. The summed E-state index contributed by atoms with van der Waals surface area (Å²) >= 11 is 0. The first-order chi connectivity index (χ1) is 14.4. The minimum absolute atomic E-state index is 0.109. The van der Waals surface area contributed by atoms with Crippen LogP contribution in [0.25, 0.3) is 0 Å². The van der Waals surface area contributed by atoms with Crippen molar-refractivity contribution in [2.45, 2.75) is 96.6 Å². The number of carbonyl (C=O) groups is 2. The minimum Gasteiger partial charge on any atom is -0.394 e. The SMILES string of the molecule is CC(=O)NC1[C@H](C(C)C)OC(CO)[C@@H](O)[C@@H]1O[C@@H]1O[C@@H](C(C)=O)[C@@H](C(C)C)C(O)C1O. The van der Waals surface area contributed by atoms with Crippen molar-refractivity contribution in [3.63, 3.8) is 0 Å². The third-order valence-corrected chi connectivity index (χ3v) is 6.08. The molecule has 2 saturated heterocycles. The largest absolute Gasteiger partial charge is 0.394 e. The quantitative estimate of drug-likeness (QED) is 0.329. The molecule has 0 aromatic rings. The number of hydrogen-bond donors (Lipinski definition) is 5. The molecule has 0 aliphatic carbocycles. The van der Waals surface area contributed by atoms with Crippen LogP contribution in [0.5, 0.6) is 0 Å². The molecule has 10 heteroatoms. The molecule has 2 heterocycles. The molecule has 1 amide bonds. The van der Waals surface area contributed by atoms with E-state index in [0.717, 1.165) is 0 Å². The lowest BCUT2D eigenvalue weighted by molar-refractivity contribution is -0.322. The van der Waals surface area contributed by atoms with Gasteiger partial charge in [-0.3, -0.25) is 9.59 Å². The number of ether oxygens (including phenoxy) is 3. The van der Waals surface area contributed by atoms with Gasteiger partial charge in [-0.05, 0) is 18.8 Å². The molecule has 31 heavy (non-hydrogen) atoms. The number of rotatable bonds is 7. The third-order valence-electron chi connectivity index (χ3n) is 6.08. The summed E-state index contributed by atoms with van der Waals surface area (Å²) in [5, 5.41) is 44.5. The molecule has 2 aliphatic heterocycles. The van der Waals surface area contributed by atoms with E-state index < -0.39 is 67.6 Å². The predicted octanol–water partition coefficient (Wildman–Crippen LogP) is -1.04. The number of ketones is 1. The number of aliphatic hydroxyl groups is 4. The molecule has 0 bridgehead atoms. The standard InChI is InChI=1S/C21H37NO9/c1-8(2)13-16(27)17(28)21(30-19(13)10(5)24)31-20-14(22-11(6)25)18(9(3)4)29-12(7-23)15(20)26/h8-9,12-21,23,26-28H,7H2,1-6H3,(H,22,25)/t12?,13-,14?,15+,16?,17?,18-,19-,20+,21-/m0/s1. The zero-order valence-electron chi connectivity index (χ0n) is 19.0. The van der Waals surface area contributed by atoms with Gasteiger partial charge in [0.1, 0.15) is 30.5 Å². The second-order valence-corrected chi connectivity index (χ2v) is 9.22. The van der Waals surface area contributed by atoms with Crippen molar-refractivity contribution >= 4 is 11.7 Å². The van der Waals surface area contributed by atoms with Gasteiger partial charge >= 0.3 is 0 Å². The van der Waals surface area contributed by atoms with E-state index >= 15 is 0 Å². The van der Waals surface area contributed by atoms with E-state index in [9.17, 15) is 30.0 Å². The van der Waals surface area contributed by atoms with Gasteiger partial charge in [0.2, 0.25) is 5.91 Å². The molecule has 0 aromatic carbocycles. The lowest BCUT2D eigenvalue weighted by Crippen LogP contribution is -2.68. The number of amides is 1. The van der Waals surface area contributed by atoms with Crippen LogP contribution in [0.2, 0.25) is 0 Å². The van der Waals surface area contributed by atoms with Crippen molar-refractivity contribution in [2.75, 3.05) is 6.61 Å². The average Bonchev–Trinajstić information content (AvgIpc) is 2.66. The van der Waals surface area contributed by atoms with E-state index in [2.05, 4.69) is 5.32 Å². The van der Waals surface area contributed by atoms with Crippen molar-refractivity contribution < 1.29 is 44.2 Å². The maximum atomic E-state index is 12.2. The Hall–Kier alpha value is -1.14. The van der Waals surface area contributed by atoms with Gasteiger partial charge in [-0.1, -0.05) is 27.7 Å². The van der Waals surface area contributed by atoms with Crippen LogP contribution in [0, 0.1) is 17.8 Å². The van der Waals surface area contributed by atoms with Crippen molar-refractivity contribution in [3.05, 3.63) is 0 Å². The highest BCUT2D eigenvalue weighted by atomic mass is 16.7. The Labute approximate surface area is 182 Å². The van der Waals surface area contributed by atoms with Crippen LogP contribution < -0.4 is 5.32 Å². The molecule has 5 N–H and O–H groups in total. The third kappa shape index (κ3) is 5.62. The molecule has 0 saturated carbocycles. The van der Waals surface area contributed by atoms with Gasteiger partial charge in [-0.25, -0.2) is 0 Å². The van der Waals surface area contributed by atoms with Crippen molar-refractivity contribution in [3.8, 4) is 0 Å². The zero-order chi connectivity index (χ0) is 23.6. The van der Waals surface area contributed by atoms with Crippen LogP contribution in [-0.2, 0) is 23.8 Å². The van der Waals surface area contributed by atoms with Gasteiger partial charge in [0.05, 0.1) is 24.9 Å². The lowest BCUT2D eigenvalue weighted by Gasteiger charge is -2.49. The van der Waals surface area contributed by atoms with Gasteiger partial charge < -0.3 is 40.0 Å². The summed E-state index contributed by atoms with van der Waals surface area (Å²) in [7, 11) is 0. The molecule has 4 unspecified atom stereocenters. The maximum Gasteiger partial charge on any atom is 0.217 e. The summed E-state index contributed by atoms with van der Waals surface area (Å²) in [6.45, 7) is 9.51. The molecule has 2 rings (SSSR count). The van der Waals surface area contributed by atoms with Crippen LogP contribution in [0.1, 0.15) is 41.5 Å². The van der Waals surface area contributed by atoms with E-state index in [1.165, 1.54) is 13.8 Å². The molecule has 10 atom stereocenters. The monoisotopic (exact) mass is 447 g/mol. The first kappa shape index (κ1) is 26.1. The summed E-state index contributed by atoms with van der Waals surface area (Å²) in [6, 6.07) is -0.818.